The van der Waals surface area contributed by atoms with Gasteiger partial charge in [-0.15, -0.1) is 0 Å². The SMILES string of the molecule is C=CCOc1c(Br)cc(/C=C2/SC(=O)N(CC(=O)Nc3ccccc3Cl)C2=O)cc1OCC. The van der Waals surface area contributed by atoms with Crippen LogP contribution in [0.4, 0.5) is 10.5 Å². The average Bonchev–Trinajstić information content (AvgIpc) is 3.02. The summed E-state index contributed by atoms with van der Waals surface area (Å²) in [5.74, 6) is -0.0892. The Morgan fingerprint density at radius 3 is 2.73 bits per heavy atom. The van der Waals surface area contributed by atoms with E-state index in [4.69, 9.17) is 21.1 Å². The fourth-order valence-electron chi connectivity index (χ4n) is 2.90. The molecule has 3 rings (SSSR count). The summed E-state index contributed by atoms with van der Waals surface area (Å²) >= 11 is 10.3. The number of para-hydroxylation sites is 1. The minimum atomic E-state index is -0.555. The van der Waals surface area contributed by atoms with Crippen LogP contribution < -0.4 is 14.8 Å². The highest BCUT2D eigenvalue weighted by Gasteiger charge is 2.36. The van der Waals surface area contributed by atoms with E-state index in [1.54, 1.807) is 48.6 Å². The molecule has 1 N–H and O–H groups in total. The quantitative estimate of drug-likeness (QED) is 0.316. The molecule has 3 amide bonds. The maximum absolute atomic E-state index is 12.8. The number of nitrogens with zero attached hydrogens (tertiary/aromatic N) is 1. The van der Waals surface area contributed by atoms with Crippen LogP contribution in [0.1, 0.15) is 12.5 Å². The largest absolute Gasteiger partial charge is 0.490 e. The maximum atomic E-state index is 12.8. The Hall–Kier alpha value is -2.75. The van der Waals surface area contributed by atoms with E-state index in [1.807, 2.05) is 6.92 Å². The summed E-state index contributed by atoms with van der Waals surface area (Å²) in [6.07, 6.45) is 3.19. The van der Waals surface area contributed by atoms with Crippen LogP contribution in [0.2, 0.25) is 5.02 Å². The van der Waals surface area contributed by atoms with Crippen LogP contribution in [0.25, 0.3) is 6.08 Å². The lowest BCUT2D eigenvalue weighted by atomic mass is 10.2. The molecule has 0 aromatic heterocycles. The van der Waals surface area contributed by atoms with Crippen molar-refractivity contribution in [2.24, 2.45) is 0 Å². The number of hydrogen-bond donors (Lipinski definition) is 1. The summed E-state index contributed by atoms with van der Waals surface area (Å²) in [7, 11) is 0. The minimum absolute atomic E-state index is 0.194. The number of halogens is 2. The second kappa shape index (κ2) is 11.4. The van der Waals surface area contributed by atoms with E-state index in [9.17, 15) is 14.4 Å². The van der Waals surface area contributed by atoms with Gasteiger partial charge in [0, 0.05) is 0 Å². The molecule has 1 heterocycles. The Balaban J connectivity index is 1.78. The molecule has 0 atom stereocenters. The van der Waals surface area contributed by atoms with Gasteiger partial charge in [0.1, 0.15) is 13.2 Å². The average molecular weight is 552 g/mol. The van der Waals surface area contributed by atoms with Crippen LogP contribution in [-0.4, -0.2) is 41.7 Å². The molecule has 0 radical (unpaired) electrons. The third kappa shape index (κ3) is 6.19. The lowest BCUT2D eigenvalue weighted by Crippen LogP contribution is -2.36. The number of ether oxygens (including phenoxy) is 2. The van der Waals surface area contributed by atoms with Crippen LogP contribution in [0.5, 0.6) is 11.5 Å². The van der Waals surface area contributed by atoms with Crippen LogP contribution in [0.15, 0.2) is 58.4 Å². The van der Waals surface area contributed by atoms with E-state index < -0.39 is 23.6 Å². The lowest BCUT2D eigenvalue weighted by molar-refractivity contribution is -0.127. The van der Waals surface area contributed by atoms with Crippen molar-refractivity contribution >= 4 is 68.1 Å². The monoisotopic (exact) mass is 550 g/mol. The molecule has 2 aromatic carbocycles. The van der Waals surface area contributed by atoms with Gasteiger partial charge in [-0.3, -0.25) is 19.3 Å². The summed E-state index contributed by atoms with van der Waals surface area (Å²) < 4.78 is 11.9. The molecule has 0 unspecified atom stereocenters. The van der Waals surface area contributed by atoms with Gasteiger partial charge >= 0.3 is 0 Å². The van der Waals surface area contributed by atoms with Crippen molar-refractivity contribution in [3.8, 4) is 11.5 Å². The highest BCUT2D eigenvalue weighted by molar-refractivity contribution is 9.10. The number of amides is 3. The Kier molecular flexibility index (Phi) is 8.60. The third-order valence-corrected chi connectivity index (χ3v) is 6.12. The zero-order valence-electron chi connectivity index (χ0n) is 17.6. The van der Waals surface area contributed by atoms with Gasteiger partial charge in [-0.05, 0) is 70.5 Å². The smallest absolute Gasteiger partial charge is 0.294 e. The van der Waals surface area contributed by atoms with Gasteiger partial charge in [0.05, 0.1) is 26.7 Å². The fraction of sp³-hybridized carbons (Fsp3) is 0.174. The Bertz CT molecular complexity index is 1140. The Morgan fingerprint density at radius 1 is 1.27 bits per heavy atom. The zero-order valence-corrected chi connectivity index (χ0v) is 20.8. The van der Waals surface area contributed by atoms with E-state index in [0.717, 1.165) is 16.7 Å². The van der Waals surface area contributed by atoms with Gasteiger partial charge in [-0.1, -0.05) is 36.4 Å². The first-order chi connectivity index (χ1) is 15.8. The maximum Gasteiger partial charge on any atom is 0.294 e. The number of imide groups is 1. The molecule has 1 saturated heterocycles. The molecule has 7 nitrogen and oxygen atoms in total. The van der Waals surface area contributed by atoms with E-state index in [1.165, 1.54) is 0 Å². The molecule has 1 fully saturated rings. The van der Waals surface area contributed by atoms with Crippen molar-refractivity contribution in [3.05, 3.63) is 69.0 Å². The van der Waals surface area contributed by atoms with Crippen molar-refractivity contribution in [2.45, 2.75) is 6.92 Å². The van der Waals surface area contributed by atoms with E-state index >= 15 is 0 Å². The van der Waals surface area contributed by atoms with Gasteiger partial charge in [0.2, 0.25) is 5.91 Å². The molecule has 0 bridgehead atoms. The van der Waals surface area contributed by atoms with Crippen LogP contribution in [0.3, 0.4) is 0 Å². The van der Waals surface area contributed by atoms with Crippen molar-refractivity contribution in [2.75, 3.05) is 25.1 Å². The first-order valence-electron chi connectivity index (χ1n) is 9.83. The number of carbonyl (C=O) groups is 3. The molecule has 2 aromatic rings. The second-order valence-electron chi connectivity index (χ2n) is 6.66. The molecule has 10 heteroatoms. The molecule has 172 valence electrons. The summed E-state index contributed by atoms with van der Waals surface area (Å²) in [5.41, 5.74) is 1.03. The van der Waals surface area contributed by atoms with E-state index in [-0.39, 0.29) is 4.91 Å². The number of nitrogens with one attached hydrogen (secondary N) is 1. The molecule has 0 saturated carbocycles. The zero-order chi connectivity index (χ0) is 24.0. The van der Waals surface area contributed by atoms with Gasteiger partial charge < -0.3 is 14.8 Å². The summed E-state index contributed by atoms with van der Waals surface area (Å²) in [6.45, 7) is 5.77. The first-order valence-corrected chi connectivity index (χ1v) is 11.8. The van der Waals surface area contributed by atoms with Crippen molar-refractivity contribution < 1.29 is 23.9 Å². The highest BCUT2D eigenvalue weighted by Crippen LogP contribution is 2.39. The molecule has 0 spiro atoms. The lowest BCUT2D eigenvalue weighted by Gasteiger charge is -2.14. The van der Waals surface area contributed by atoms with E-state index in [2.05, 4.69) is 27.8 Å². The topological polar surface area (TPSA) is 84.9 Å². The molecule has 1 aliphatic rings. The standard InChI is InChI=1S/C23H20BrClN2O5S/c1-3-9-32-21-15(24)10-14(11-18(21)31-4-2)12-19-22(29)27(23(30)33-19)13-20(28)26-17-8-6-5-7-16(17)25/h3,5-8,10-12H,1,4,9,13H2,2H3,(H,26,28)/b19-12+. The summed E-state index contributed by atoms with van der Waals surface area (Å²) in [6, 6.07) is 10.2. The number of benzene rings is 2. The molecule has 33 heavy (non-hydrogen) atoms. The van der Waals surface area contributed by atoms with Gasteiger partial charge in [0.25, 0.3) is 11.1 Å². The second-order valence-corrected chi connectivity index (χ2v) is 8.91. The van der Waals surface area contributed by atoms with E-state index in [0.29, 0.717) is 45.5 Å². The Morgan fingerprint density at radius 2 is 2.03 bits per heavy atom. The van der Waals surface area contributed by atoms with Crippen LogP contribution in [0, 0.1) is 0 Å². The molecule has 1 aliphatic heterocycles. The number of hydrogen-bond acceptors (Lipinski definition) is 6. The number of rotatable bonds is 9. The normalized spacial score (nSPS) is 14.5. The van der Waals surface area contributed by atoms with Crippen molar-refractivity contribution in [3.63, 3.8) is 0 Å². The number of anilines is 1. The minimum Gasteiger partial charge on any atom is -0.490 e. The first kappa shape index (κ1) is 24.9. The van der Waals surface area contributed by atoms with Crippen molar-refractivity contribution in [1.29, 1.82) is 0 Å². The van der Waals surface area contributed by atoms with Gasteiger partial charge in [0.15, 0.2) is 11.5 Å². The molecular formula is C23H20BrClN2O5S. The molecular weight excluding hydrogens is 532 g/mol. The van der Waals surface area contributed by atoms with Crippen LogP contribution >= 0.6 is 39.3 Å². The van der Waals surface area contributed by atoms with Gasteiger partial charge in [-0.25, -0.2) is 0 Å². The highest BCUT2D eigenvalue weighted by atomic mass is 79.9. The predicted molar refractivity (Wildman–Crippen MR) is 134 cm³/mol. The molecule has 0 aliphatic carbocycles. The Labute approximate surface area is 208 Å². The summed E-state index contributed by atoms with van der Waals surface area (Å²) in [4.78, 5) is 38.7. The van der Waals surface area contributed by atoms with Crippen LogP contribution in [-0.2, 0) is 9.59 Å². The fourth-order valence-corrected chi connectivity index (χ4v) is 4.50. The third-order valence-electron chi connectivity index (χ3n) is 4.30. The van der Waals surface area contributed by atoms with Crippen molar-refractivity contribution in [1.82, 2.24) is 4.90 Å². The summed E-state index contributed by atoms with van der Waals surface area (Å²) in [5, 5.41) is 2.43. The number of thioether (sulfide) groups is 1. The number of carbonyl (C=O) groups excluding carboxylic acids is 3. The predicted octanol–water partition coefficient (Wildman–Crippen LogP) is 5.74. The van der Waals surface area contributed by atoms with Gasteiger partial charge in [-0.2, -0.15) is 0 Å².